The van der Waals surface area contributed by atoms with E-state index in [1.807, 2.05) is 20.8 Å². The van der Waals surface area contributed by atoms with Crippen molar-refractivity contribution in [1.82, 2.24) is 4.90 Å². The highest BCUT2D eigenvalue weighted by Gasteiger charge is 2.33. The van der Waals surface area contributed by atoms with Gasteiger partial charge in [0.25, 0.3) is 5.91 Å². The Bertz CT molecular complexity index is 860. The van der Waals surface area contributed by atoms with Crippen LogP contribution in [0.4, 0.5) is 10.5 Å². The summed E-state index contributed by atoms with van der Waals surface area (Å²) in [5.41, 5.74) is 0.621. The lowest BCUT2D eigenvalue weighted by molar-refractivity contribution is -0.00509. The quantitative estimate of drug-likeness (QED) is 0.731. The maximum absolute atomic E-state index is 12.4. The second-order valence-corrected chi connectivity index (χ2v) is 8.31. The average Bonchev–Trinajstić information content (AvgIpc) is 3.11. The molecule has 0 aliphatic carbocycles. The summed E-state index contributed by atoms with van der Waals surface area (Å²) < 4.78 is 11.4. The molecule has 2 amide bonds. The fourth-order valence-electron chi connectivity index (χ4n) is 2.97. The lowest BCUT2D eigenvalue weighted by Crippen LogP contribution is -2.42. The van der Waals surface area contributed by atoms with Crippen molar-refractivity contribution in [2.45, 2.75) is 45.4 Å². The molecule has 2 aromatic carbocycles. The molecule has 1 aliphatic heterocycles. The van der Waals surface area contributed by atoms with E-state index in [1.54, 1.807) is 53.4 Å². The molecule has 7 heteroatoms. The van der Waals surface area contributed by atoms with Crippen molar-refractivity contribution in [3.8, 4) is 5.75 Å². The summed E-state index contributed by atoms with van der Waals surface area (Å²) in [6.45, 7) is 6.13. The number of likely N-dealkylation sites (tertiary alicyclic amines) is 1. The first kappa shape index (κ1) is 21.0. The summed E-state index contributed by atoms with van der Waals surface area (Å²) in [6.07, 6.45) is 0.874. The van der Waals surface area contributed by atoms with Crippen molar-refractivity contribution in [2.75, 3.05) is 11.9 Å². The summed E-state index contributed by atoms with van der Waals surface area (Å²) >= 11 is 5.85. The van der Waals surface area contributed by atoms with Gasteiger partial charge in [0, 0.05) is 29.2 Å². The van der Waals surface area contributed by atoms with Crippen LogP contribution in [-0.2, 0) is 4.74 Å². The number of nitrogens with zero attached hydrogens (tertiary/aromatic N) is 1. The first-order valence-corrected chi connectivity index (χ1v) is 9.92. The van der Waals surface area contributed by atoms with Crippen LogP contribution in [-0.4, -0.2) is 35.3 Å². The number of hydrogen-bond donors (Lipinski definition) is 1. The molecule has 29 heavy (non-hydrogen) atoms. The van der Waals surface area contributed by atoms with E-state index in [0.717, 1.165) is 12.8 Å². The second kappa shape index (κ2) is 8.74. The van der Waals surface area contributed by atoms with Crippen molar-refractivity contribution in [3.63, 3.8) is 0 Å². The Balaban J connectivity index is 1.59. The Kier molecular flexibility index (Phi) is 6.33. The van der Waals surface area contributed by atoms with Crippen LogP contribution in [0.2, 0.25) is 5.02 Å². The molecule has 1 aliphatic rings. The third kappa shape index (κ3) is 5.87. The number of halogens is 1. The largest absolute Gasteiger partial charge is 0.470 e. The molecule has 1 unspecified atom stereocenters. The van der Waals surface area contributed by atoms with Crippen LogP contribution < -0.4 is 10.1 Å². The van der Waals surface area contributed by atoms with Gasteiger partial charge in [-0.2, -0.15) is 0 Å². The van der Waals surface area contributed by atoms with Crippen LogP contribution in [0.5, 0.6) is 5.75 Å². The van der Waals surface area contributed by atoms with Crippen LogP contribution in [0.1, 0.15) is 44.0 Å². The van der Waals surface area contributed by atoms with Crippen molar-refractivity contribution in [3.05, 3.63) is 59.1 Å². The number of ether oxygens (including phenoxy) is 2. The minimum atomic E-state index is -0.547. The van der Waals surface area contributed by atoms with Crippen molar-refractivity contribution in [2.24, 2.45) is 0 Å². The topological polar surface area (TPSA) is 67.9 Å². The van der Waals surface area contributed by atoms with Gasteiger partial charge in [-0.15, -0.1) is 0 Å². The maximum Gasteiger partial charge on any atom is 0.413 e. The third-order valence-corrected chi connectivity index (χ3v) is 4.57. The first-order valence-electron chi connectivity index (χ1n) is 9.54. The van der Waals surface area contributed by atoms with Gasteiger partial charge < -0.3 is 14.8 Å². The normalized spacial score (nSPS) is 16.4. The molecule has 0 bridgehead atoms. The van der Waals surface area contributed by atoms with E-state index >= 15 is 0 Å². The maximum atomic E-state index is 12.4. The van der Waals surface area contributed by atoms with Gasteiger partial charge >= 0.3 is 6.09 Å². The summed E-state index contributed by atoms with van der Waals surface area (Å²) in [5.74, 6) is 0.400. The SMILES string of the molecule is CC(C)(C)OC(=O)N1CCCC1Oc1ccc(NC(=O)c2ccc(Cl)cc2)cc1. The van der Waals surface area contributed by atoms with Crippen LogP contribution in [0.15, 0.2) is 48.5 Å². The number of hydrogen-bond acceptors (Lipinski definition) is 4. The van der Waals surface area contributed by atoms with Gasteiger partial charge in [0.05, 0.1) is 0 Å². The zero-order chi connectivity index (χ0) is 21.0. The minimum Gasteiger partial charge on any atom is -0.470 e. The number of amides is 2. The molecule has 1 atom stereocenters. The standard InChI is InChI=1S/C22H25ClN2O4/c1-22(2,3)29-21(27)25-14-4-5-19(25)28-18-12-10-17(11-13-18)24-20(26)15-6-8-16(23)9-7-15/h6-13,19H,4-5,14H2,1-3H3,(H,24,26). The van der Waals surface area contributed by atoms with E-state index in [4.69, 9.17) is 21.1 Å². The third-order valence-electron chi connectivity index (χ3n) is 4.32. The van der Waals surface area contributed by atoms with Gasteiger partial charge in [0.2, 0.25) is 0 Å². The molecule has 1 heterocycles. The fourth-order valence-corrected chi connectivity index (χ4v) is 3.09. The lowest BCUT2D eigenvalue weighted by Gasteiger charge is -2.28. The monoisotopic (exact) mass is 416 g/mol. The smallest absolute Gasteiger partial charge is 0.413 e. The molecule has 6 nitrogen and oxygen atoms in total. The number of carbonyl (C=O) groups is 2. The number of nitrogens with one attached hydrogen (secondary N) is 1. The number of anilines is 1. The van der Waals surface area contributed by atoms with Crippen LogP contribution in [0, 0.1) is 0 Å². The Hall–Kier alpha value is -2.73. The highest BCUT2D eigenvalue weighted by Crippen LogP contribution is 2.25. The van der Waals surface area contributed by atoms with Crippen LogP contribution in [0.25, 0.3) is 0 Å². The molecule has 0 radical (unpaired) electrons. The van der Waals surface area contributed by atoms with E-state index in [9.17, 15) is 9.59 Å². The average molecular weight is 417 g/mol. The van der Waals surface area contributed by atoms with E-state index < -0.39 is 5.60 Å². The Morgan fingerprint density at radius 3 is 2.34 bits per heavy atom. The van der Waals surface area contributed by atoms with Crippen molar-refractivity contribution >= 4 is 29.3 Å². The molecule has 0 spiro atoms. The van der Waals surface area contributed by atoms with Gasteiger partial charge in [-0.25, -0.2) is 4.79 Å². The van der Waals surface area contributed by atoms with E-state index in [0.29, 0.717) is 28.6 Å². The van der Waals surface area contributed by atoms with Crippen molar-refractivity contribution < 1.29 is 19.1 Å². The molecule has 2 aromatic rings. The van der Waals surface area contributed by atoms with Crippen molar-refractivity contribution in [1.29, 1.82) is 0 Å². The van der Waals surface area contributed by atoms with E-state index in [-0.39, 0.29) is 18.2 Å². The lowest BCUT2D eigenvalue weighted by atomic mass is 10.2. The zero-order valence-corrected chi connectivity index (χ0v) is 17.5. The van der Waals surface area contributed by atoms with Gasteiger partial charge in [-0.1, -0.05) is 11.6 Å². The Morgan fingerprint density at radius 2 is 1.72 bits per heavy atom. The summed E-state index contributed by atoms with van der Waals surface area (Å²) in [6, 6.07) is 13.7. The van der Waals surface area contributed by atoms with Gasteiger partial charge in [0.15, 0.2) is 6.23 Å². The molecule has 3 rings (SSSR count). The molecule has 1 fully saturated rings. The van der Waals surface area contributed by atoms with E-state index in [2.05, 4.69) is 5.32 Å². The molecule has 0 aromatic heterocycles. The summed E-state index contributed by atoms with van der Waals surface area (Å²) in [5, 5.41) is 3.41. The van der Waals surface area contributed by atoms with Crippen LogP contribution in [0.3, 0.4) is 0 Å². The van der Waals surface area contributed by atoms with Gasteiger partial charge in [-0.05, 0) is 75.7 Å². The predicted molar refractivity (Wildman–Crippen MR) is 112 cm³/mol. The molecule has 1 saturated heterocycles. The zero-order valence-electron chi connectivity index (χ0n) is 16.8. The van der Waals surface area contributed by atoms with Crippen LogP contribution >= 0.6 is 11.6 Å². The Labute approximate surface area is 175 Å². The second-order valence-electron chi connectivity index (χ2n) is 7.87. The summed E-state index contributed by atoms with van der Waals surface area (Å²) in [4.78, 5) is 26.3. The van der Waals surface area contributed by atoms with Gasteiger partial charge in [-0.3, -0.25) is 9.69 Å². The highest BCUT2D eigenvalue weighted by molar-refractivity contribution is 6.30. The molecule has 1 N–H and O–H groups in total. The number of benzene rings is 2. The predicted octanol–water partition coefficient (Wildman–Crippen LogP) is 5.33. The summed E-state index contributed by atoms with van der Waals surface area (Å²) in [7, 11) is 0. The first-order chi connectivity index (χ1) is 13.7. The minimum absolute atomic E-state index is 0.220. The highest BCUT2D eigenvalue weighted by atomic mass is 35.5. The number of carbonyl (C=O) groups excluding carboxylic acids is 2. The van der Waals surface area contributed by atoms with E-state index in [1.165, 1.54) is 0 Å². The van der Waals surface area contributed by atoms with Gasteiger partial charge in [0.1, 0.15) is 11.4 Å². The Morgan fingerprint density at radius 1 is 1.07 bits per heavy atom. The molecular weight excluding hydrogens is 392 g/mol. The molecule has 154 valence electrons. The molecular formula is C22H25ClN2O4. The fraction of sp³-hybridized carbons (Fsp3) is 0.364. The number of rotatable bonds is 4. The molecule has 0 saturated carbocycles.